The van der Waals surface area contributed by atoms with E-state index in [4.69, 9.17) is 4.74 Å². The van der Waals surface area contributed by atoms with Crippen LogP contribution in [0.25, 0.3) is 0 Å². The molecule has 0 atom stereocenters. The van der Waals surface area contributed by atoms with Gasteiger partial charge in [0, 0.05) is 6.92 Å². The van der Waals surface area contributed by atoms with Gasteiger partial charge in [-0.1, -0.05) is 6.07 Å². The summed E-state index contributed by atoms with van der Waals surface area (Å²) in [4.78, 5) is 0. The van der Waals surface area contributed by atoms with Gasteiger partial charge in [0.05, 0.1) is 17.1 Å². The quantitative estimate of drug-likeness (QED) is 0.788. The van der Waals surface area contributed by atoms with E-state index in [9.17, 15) is 8.78 Å². The van der Waals surface area contributed by atoms with Gasteiger partial charge >= 0.3 is 0 Å². The van der Waals surface area contributed by atoms with Crippen LogP contribution in [-0.4, -0.2) is 7.11 Å². The Labute approximate surface area is 90.2 Å². The second-order valence-electron chi connectivity index (χ2n) is 3.17. The molecular weight excluding hydrogens is 254 g/mol. The van der Waals surface area contributed by atoms with Crippen LogP contribution in [-0.2, 0) is 5.92 Å². The average Bonchev–Trinajstić information content (AvgIpc) is 2.07. The third kappa shape index (κ3) is 2.05. The number of hydrogen-bond donors (Lipinski definition) is 0. The Morgan fingerprint density at radius 3 is 2.36 bits per heavy atom. The van der Waals surface area contributed by atoms with Crippen LogP contribution in [0, 0.1) is 6.92 Å². The summed E-state index contributed by atoms with van der Waals surface area (Å²) in [5.74, 6) is -2.68. The van der Waals surface area contributed by atoms with Crippen molar-refractivity contribution in [3.63, 3.8) is 0 Å². The maximum Gasteiger partial charge on any atom is 0.274 e. The molecule has 0 N–H and O–H groups in total. The molecule has 0 aliphatic rings. The molecule has 0 saturated carbocycles. The molecule has 4 heteroatoms. The fraction of sp³-hybridized carbons (Fsp3) is 0.400. The van der Waals surface area contributed by atoms with Gasteiger partial charge in [0.1, 0.15) is 5.75 Å². The smallest absolute Gasteiger partial charge is 0.274 e. The van der Waals surface area contributed by atoms with Gasteiger partial charge in [-0.05, 0) is 34.5 Å². The number of methoxy groups -OCH3 is 1. The predicted octanol–water partition coefficient (Wildman–Crippen LogP) is 3.88. The monoisotopic (exact) mass is 264 g/mol. The number of halogens is 3. The molecule has 0 amide bonds. The molecule has 14 heavy (non-hydrogen) atoms. The predicted molar refractivity (Wildman–Crippen MR) is 55.0 cm³/mol. The van der Waals surface area contributed by atoms with Crippen molar-refractivity contribution in [1.82, 2.24) is 0 Å². The molecule has 0 unspecified atom stereocenters. The van der Waals surface area contributed by atoms with E-state index in [2.05, 4.69) is 15.9 Å². The number of hydrogen-bond acceptors (Lipinski definition) is 1. The van der Waals surface area contributed by atoms with Crippen molar-refractivity contribution < 1.29 is 13.5 Å². The molecule has 1 aromatic carbocycles. The van der Waals surface area contributed by atoms with Crippen molar-refractivity contribution in [2.75, 3.05) is 7.11 Å². The molecule has 1 nitrogen and oxygen atoms in total. The van der Waals surface area contributed by atoms with Crippen molar-refractivity contribution in [3.05, 3.63) is 27.7 Å². The number of benzene rings is 1. The Bertz CT molecular complexity index is 345. The van der Waals surface area contributed by atoms with E-state index < -0.39 is 5.92 Å². The Morgan fingerprint density at radius 2 is 1.93 bits per heavy atom. The molecule has 1 aromatic rings. The van der Waals surface area contributed by atoms with Gasteiger partial charge in [-0.2, -0.15) is 0 Å². The first-order chi connectivity index (χ1) is 6.38. The van der Waals surface area contributed by atoms with E-state index in [0.29, 0.717) is 4.47 Å². The third-order valence-corrected chi connectivity index (χ3v) is 2.95. The van der Waals surface area contributed by atoms with E-state index in [1.807, 2.05) is 6.92 Å². The molecule has 0 aliphatic heterocycles. The normalized spacial score (nSPS) is 11.6. The van der Waals surface area contributed by atoms with Crippen LogP contribution in [0.5, 0.6) is 5.75 Å². The summed E-state index contributed by atoms with van der Waals surface area (Å²) in [6.45, 7) is 2.68. The molecule has 78 valence electrons. The molecular formula is C10H11BrF2O. The lowest BCUT2D eigenvalue weighted by Gasteiger charge is -2.17. The zero-order valence-electron chi connectivity index (χ0n) is 8.20. The van der Waals surface area contributed by atoms with E-state index in [-0.39, 0.29) is 11.3 Å². The van der Waals surface area contributed by atoms with Crippen molar-refractivity contribution in [2.24, 2.45) is 0 Å². The van der Waals surface area contributed by atoms with Gasteiger partial charge in [-0.15, -0.1) is 0 Å². The van der Waals surface area contributed by atoms with Crippen molar-refractivity contribution in [3.8, 4) is 5.75 Å². The second-order valence-corrected chi connectivity index (χ2v) is 3.96. The highest BCUT2D eigenvalue weighted by Gasteiger charge is 2.29. The molecule has 0 bridgehead atoms. The zero-order valence-corrected chi connectivity index (χ0v) is 9.78. The first-order valence-corrected chi connectivity index (χ1v) is 4.88. The Morgan fingerprint density at radius 1 is 1.36 bits per heavy atom. The van der Waals surface area contributed by atoms with Crippen molar-refractivity contribution >= 4 is 15.9 Å². The van der Waals surface area contributed by atoms with Gasteiger partial charge in [0.25, 0.3) is 5.92 Å². The molecule has 0 radical (unpaired) electrons. The average molecular weight is 265 g/mol. The Balaban J connectivity index is 3.39. The minimum absolute atomic E-state index is 0.0996. The number of aryl methyl sites for hydroxylation is 1. The Hall–Kier alpha value is -0.640. The Kier molecular flexibility index (Phi) is 3.14. The fourth-order valence-electron chi connectivity index (χ4n) is 1.20. The first-order valence-electron chi connectivity index (χ1n) is 4.09. The molecule has 1 rings (SSSR count). The summed E-state index contributed by atoms with van der Waals surface area (Å²) in [6.07, 6.45) is 0. The van der Waals surface area contributed by atoms with Crippen LogP contribution in [0.3, 0.4) is 0 Å². The van der Waals surface area contributed by atoms with E-state index in [1.54, 1.807) is 6.07 Å². The third-order valence-electron chi connectivity index (χ3n) is 1.97. The zero-order chi connectivity index (χ0) is 10.9. The lowest BCUT2D eigenvalue weighted by Crippen LogP contribution is -2.09. The van der Waals surface area contributed by atoms with Crippen molar-refractivity contribution in [1.29, 1.82) is 0 Å². The molecule has 0 aliphatic carbocycles. The lowest BCUT2D eigenvalue weighted by molar-refractivity contribution is 0.0149. The largest absolute Gasteiger partial charge is 0.495 e. The van der Waals surface area contributed by atoms with Crippen LogP contribution >= 0.6 is 15.9 Å². The highest BCUT2D eigenvalue weighted by molar-refractivity contribution is 9.10. The molecule has 0 fully saturated rings. The van der Waals surface area contributed by atoms with Gasteiger partial charge in [-0.3, -0.25) is 0 Å². The van der Waals surface area contributed by atoms with Crippen LogP contribution < -0.4 is 4.74 Å². The number of alkyl halides is 2. The van der Waals surface area contributed by atoms with Crippen molar-refractivity contribution in [2.45, 2.75) is 19.8 Å². The standard InChI is InChI=1S/C10H11BrF2O/c1-6-4-5-7(10(2,12)13)9(14-3)8(6)11/h4-5H,1-3H3. The summed E-state index contributed by atoms with van der Waals surface area (Å²) in [6, 6.07) is 3.03. The van der Waals surface area contributed by atoms with Crippen LogP contribution in [0.2, 0.25) is 0 Å². The maximum atomic E-state index is 13.1. The van der Waals surface area contributed by atoms with Gasteiger partial charge in [-0.25, -0.2) is 8.78 Å². The molecule has 0 saturated heterocycles. The first kappa shape index (κ1) is 11.4. The van der Waals surface area contributed by atoms with Gasteiger partial charge in [0.2, 0.25) is 0 Å². The molecule has 0 spiro atoms. The van der Waals surface area contributed by atoms with E-state index in [0.717, 1.165) is 12.5 Å². The van der Waals surface area contributed by atoms with Gasteiger partial charge < -0.3 is 4.74 Å². The van der Waals surface area contributed by atoms with Crippen LogP contribution in [0.1, 0.15) is 18.1 Å². The molecule has 0 aromatic heterocycles. The van der Waals surface area contributed by atoms with E-state index in [1.165, 1.54) is 13.2 Å². The van der Waals surface area contributed by atoms with Crippen LogP contribution in [0.4, 0.5) is 8.78 Å². The summed E-state index contributed by atoms with van der Waals surface area (Å²) >= 11 is 3.23. The molecule has 0 heterocycles. The highest BCUT2D eigenvalue weighted by atomic mass is 79.9. The summed E-state index contributed by atoms with van der Waals surface area (Å²) in [7, 11) is 1.38. The van der Waals surface area contributed by atoms with Gasteiger partial charge in [0.15, 0.2) is 0 Å². The lowest BCUT2D eigenvalue weighted by atomic mass is 10.1. The summed E-state index contributed by atoms with van der Waals surface area (Å²) < 4.78 is 31.8. The highest BCUT2D eigenvalue weighted by Crippen LogP contribution is 2.40. The SMILES string of the molecule is COc1c(C(C)(F)F)ccc(C)c1Br. The van der Waals surface area contributed by atoms with Crippen LogP contribution in [0.15, 0.2) is 16.6 Å². The minimum Gasteiger partial charge on any atom is -0.495 e. The number of rotatable bonds is 2. The topological polar surface area (TPSA) is 9.23 Å². The maximum absolute atomic E-state index is 13.1. The summed E-state index contributed by atoms with van der Waals surface area (Å²) in [5, 5.41) is 0. The van der Waals surface area contributed by atoms with E-state index >= 15 is 0 Å². The minimum atomic E-state index is -2.89. The second kappa shape index (κ2) is 3.85. The fourth-order valence-corrected chi connectivity index (χ4v) is 1.71. The number of ether oxygens (including phenoxy) is 1. The summed E-state index contributed by atoms with van der Waals surface area (Å²) in [5.41, 5.74) is 0.771.